The van der Waals surface area contributed by atoms with Gasteiger partial charge in [-0.05, 0) is 41.5 Å². The molecule has 1 aromatic carbocycles. The van der Waals surface area contributed by atoms with Gasteiger partial charge in [-0.3, -0.25) is 0 Å². The lowest BCUT2D eigenvalue weighted by Crippen LogP contribution is -2.28. The summed E-state index contributed by atoms with van der Waals surface area (Å²) < 4.78 is 77.3. The number of phenolic OH excluding ortho intramolecular Hbond substituents is 1. The number of hydrogen-bond acceptors (Lipinski definition) is 11. The van der Waals surface area contributed by atoms with Crippen LogP contribution in [0.3, 0.4) is 0 Å². The third-order valence-corrected chi connectivity index (χ3v) is 6.63. The fourth-order valence-corrected chi connectivity index (χ4v) is 4.04. The van der Waals surface area contributed by atoms with E-state index < -0.39 is 44.5 Å². The lowest BCUT2D eigenvalue weighted by atomic mass is 10.2. The molecule has 0 bridgehead atoms. The fraction of sp³-hybridized carbons (Fsp3) is 0.263. The van der Waals surface area contributed by atoms with Gasteiger partial charge in [0, 0.05) is 14.1 Å². The van der Waals surface area contributed by atoms with Gasteiger partial charge >= 0.3 is 6.18 Å². The fourth-order valence-electron chi connectivity index (χ4n) is 3.04. The van der Waals surface area contributed by atoms with Crippen molar-refractivity contribution in [1.82, 2.24) is 24.6 Å². The van der Waals surface area contributed by atoms with E-state index in [4.69, 9.17) is 4.42 Å². The highest BCUT2D eigenvalue weighted by Gasteiger charge is 2.44. The number of phenols is 1. The van der Waals surface area contributed by atoms with Crippen LogP contribution in [0.2, 0.25) is 0 Å². The van der Waals surface area contributed by atoms with Crippen LogP contribution < -0.4 is 10.6 Å². The van der Waals surface area contributed by atoms with Crippen LogP contribution in [-0.4, -0.2) is 58.4 Å². The van der Waals surface area contributed by atoms with E-state index in [1.54, 1.807) is 0 Å². The highest BCUT2D eigenvalue weighted by Crippen LogP contribution is 2.39. The molecule has 4 aromatic rings. The van der Waals surface area contributed by atoms with E-state index in [0.717, 1.165) is 4.31 Å². The maximum atomic E-state index is 13.9. The summed E-state index contributed by atoms with van der Waals surface area (Å²) in [5.74, 6) is -1.60. The van der Waals surface area contributed by atoms with Gasteiger partial charge in [-0.1, -0.05) is 6.07 Å². The number of para-hydroxylation sites is 1. The van der Waals surface area contributed by atoms with E-state index in [2.05, 4.69) is 35.5 Å². The molecular weight excluding hydrogens is 495 g/mol. The van der Waals surface area contributed by atoms with Crippen molar-refractivity contribution in [3.8, 4) is 5.75 Å². The number of aromatic nitrogens is 4. The Kier molecular flexibility index (Phi) is 6.02. The molecule has 3 aromatic heterocycles. The zero-order valence-electron chi connectivity index (χ0n) is 18.3. The molecule has 0 spiro atoms. The number of benzene rings is 1. The average molecular weight is 513 g/mol. The Morgan fingerprint density at radius 2 is 1.71 bits per heavy atom. The number of nitrogens with one attached hydrogen (secondary N) is 2. The number of rotatable bonds is 7. The Morgan fingerprint density at radius 1 is 1.06 bits per heavy atom. The van der Waals surface area contributed by atoms with Crippen molar-refractivity contribution in [2.24, 2.45) is 0 Å². The van der Waals surface area contributed by atoms with Crippen molar-refractivity contribution in [2.75, 3.05) is 24.7 Å². The van der Waals surface area contributed by atoms with Crippen molar-refractivity contribution < 1.29 is 35.7 Å². The second-order valence-corrected chi connectivity index (χ2v) is 9.58. The molecule has 16 heteroatoms. The maximum absolute atomic E-state index is 13.9. The number of fused-ring (bicyclic) bond motifs is 1. The molecule has 0 unspecified atom stereocenters. The van der Waals surface area contributed by atoms with Crippen molar-refractivity contribution in [2.45, 2.75) is 24.0 Å². The van der Waals surface area contributed by atoms with Crippen LogP contribution in [0.15, 0.2) is 44.3 Å². The number of aromatic hydroxyl groups is 1. The summed E-state index contributed by atoms with van der Waals surface area (Å²) in [7, 11) is -1.48. The molecule has 35 heavy (non-hydrogen) atoms. The van der Waals surface area contributed by atoms with Gasteiger partial charge in [0.2, 0.25) is 21.3 Å². The summed E-state index contributed by atoms with van der Waals surface area (Å²) in [5, 5.41) is 22.5. The summed E-state index contributed by atoms with van der Waals surface area (Å²) in [6.07, 6.45) is -4.80. The first kappa shape index (κ1) is 24.2. The molecule has 0 saturated heterocycles. The zero-order valence-corrected chi connectivity index (χ0v) is 19.1. The Labute approximate surface area is 195 Å². The van der Waals surface area contributed by atoms with Crippen LogP contribution >= 0.6 is 0 Å². The van der Waals surface area contributed by atoms with Crippen molar-refractivity contribution in [1.29, 1.82) is 0 Å². The van der Waals surface area contributed by atoms with Gasteiger partial charge in [0.25, 0.3) is 0 Å². The molecular formula is C19H18F3N7O5S. The van der Waals surface area contributed by atoms with Crippen molar-refractivity contribution in [3.63, 3.8) is 0 Å². The standard InChI is InChI=1S/C19H18F3N7O5S/c1-9-7-8-11(33-9)14(19(20,21)22)24-16-15(25-17-18(26-16)28-34-27-17)23-10-5-4-6-12(13(10)30)35(31,32)29(2)3/h4-8,14,30H,1-3H3,(H,23,25,27)(H,24,26,28)/t14-/m0/s1. The van der Waals surface area contributed by atoms with E-state index in [0.29, 0.717) is 0 Å². The molecule has 0 aliphatic carbocycles. The molecule has 0 fully saturated rings. The summed E-state index contributed by atoms with van der Waals surface area (Å²) >= 11 is 0. The molecule has 12 nitrogen and oxygen atoms in total. The number of furan rings is 1. The van der Waals surface area contributed by atoms with Gasteiger partial charge in [0.1, 0.15) is 16.4 Å². The van der Waals surface area contributed by atoms with Gasteiger partial charge in [-0.25, -0.2) is 27.3 Å². The Morgan fingerprint density at radius 3 is 2.29 bits per heavy atom. The molecule has 0 amide bonds. The highest BCUT2D eigenvalue weighted by atomic mass is 32.2. The molecule has 0 aliphatic heterocycles. The Hall–Kier alpha value is -3.92. The molecule has 3 N–H and O–H groups in total. The van der Waals surface area contributed by atoms with Gasteiger partial charge in [0.05, 0.1) is 5.69 Å². The second-order valence-electron chi connectivity index (χ2n) is 7.46. The molecule has 0 aliphatic rings. The summed E-state index contributed by atoms with van der Waals surface area (Å²) in [4.78, 5) is 7.62. The average Bonchev–Trinajstić information content (AvgIpc) is 3.40. The van der Waals surface area contributed by atoms with E-state index in [9.17, 15) is 26.7 Å². The van der Waals surface area contributed by atoms with E-state index in [1.165, 1.54) is 51.4 Å². The third kappa shape index (κ3) is 4.69. The first-order chi connectivity index (χ1) is 16.4. The summed E-state index contributed by atoms with van der Waals surface area (Å²) in [6.45, 7) is 1.49. The van der Waals surface area contributed by atoms with Crippen LogP contribution in [0.4, 0.5) is 30.5 Å². The van der Waals surface area contributed by atoms with Gasteiger partial charge in [-0.2, -0.15) is 13.2 Å². The van der Waals surface area contributed by atoms with E-state index in [-0.39, 0.29) is 28.6 Å². The predicted octanol–water partition coefficient (Wildman–Crippen LogP) is 3.33. The Balaban J connectivity index is 1.80. The smallest absolute Gasteiger partial charge is 0.415 e. The topological polar surface area (TPSA) is 160 Å². The predicted molar refractivity (Wildman–Crippen MR) is 116 cm³/mol. The summed E-state index contributed by atoms with van der Waals surface area (Å²) in [6, 6.07) is 4.03. The largest absolute Gasteiger partial charge is 0.504 e. The number of hydrogen-bond donors (Lipinski definition) is 3. The van der Waals surface area contributed by atoms with E-state index in [1.807, 2.05) is 0 Å². The SMILES string of the molecule is Cc1ccc([C@H](Nc2nc3nonc3nc2Nc2cccc(S(=O)(=O)N(C)C)c2O)C(F)(F)F)o1. The maximum Gasteiger partial charge on any atom is 0.415 e. The van der Waals surface area contributed by atoms with Crippen LogP contribution in [0, 0.1) is 6.92 Å². The van der Waals surface area contributed by atoms with Crippen LogP contribution in [0.1, 0.15) is 17.6 Å². The monoisotopic (exact) mass is 513 g/mol. The number of aryl methyl sites for hydroxylation is 1. The van der Waals surface area contributed by atoms with Gasteiger partial charge < -0.3 is 20.2 Å². The second kappa shape index (κ2) is 8.70. The minimum atomic E-state index is -4.80. The minimum Gasteiger partial charge on any atom is -0.504 e. The number of sulfonamides is 1. The van der Waals surface area contributed by atoms with Crippen LogP contribution in [0.25, 0.3) is 11.3 Å². The first-order valence-electron chi connectivity index (χ1n) is 9.79. The lowest BCUT2D eigenvalue weighted by Gasteiger charge is -2.22. The van der Waals surface area contributed by atoms with Crippen molar-refractivity contribution >= 4 is 38.6 Å². The molecule has 1 atom stereocenters. The van der Waals surface area contributed by atoms with Gasteiger partial charge in [-0.15, -0.1) is 0 Å². The number of nitrogens with zero attached hydrogens (tertiary/aromatic N) is 5. The first-order valence-corrected chi connectivity index (χ1v) is 11.2. The summed E-state index contributed by atoms with van der Waals surface area (Å²) in [5.41, 5.74) is -0.506. The van der Waals surface area contributed by atoms with E-state index >= 15 is 0 Å². The number of alkyl halides is 3. The quantitative estimate of drug-likeness (QED) is 0.311. The molecule has 4 rings (SSSR count). The van der Waals surface area contributed by atoms with Crippen LogP contribution in [0.5, 0.6) is 5.75 Å². The van der Waals surface area contributed by atoms with Gasteiger partial charge in [0.15, 0.2) is 23.4 Å². The van der Waals surface area contributed by atoms with Crippen LogP contribution in [-0.2, 0) is 10.0 Å². The molecule has 0 radical (unpaired) electrons. The third-order valence-electron chi connectivity index (χ3n) is 4.78. The number of halogens is 3. The number of anilines is 3. The molecule has 3 heterocycles. The molecule has 186 valence electrons. The molecule has 0 saturated carbocycles. The normalized spacial score (nSPS) is 13.3. The Bertz CT molecular complexity index is 1480. The lowest BCUT2D eigenvalue weighted by molar-refractivity contribution is -0.147. The van der Waals surface area contributed by atoms with Crippen molar-refractivity contribution in [3.05, 3.63) is 41.9 Å². The highest BCUT2D eigenvalue weighted by molar-refractivity contribution is 7.89. The minimum absolute atomic E-state index is 0.146. The zero-order chi connectivity index (χ0) is 25.5.